The van der Waals surface area contributed by atoms with E-state index in [-0.39, 0.29) is 11.7 Å². The SMILES string of the molecule is O=C(CCNCc1ccncc1)Nc1ccc(F)cc1. The molecule has 1 aromatic heterocycles. The number of halogens is 1. The van der Waals surface area contributed by atoms with Gasteiger partial charge in [0.05, 0.1) is 0 Å². The highest BCUT2D eigenvalue weighted by Crippen LogP contribution is 2.08. The van der Waals surface area contributed by atoms with Gasteiger partial charge in [-0.3, -0.25) is 9.78 Å². The molecule has 0 spiro atoms. The highest BCUT2D eigenvalue weighted by molar-refractivity contribution is 5.90. The first-order valence-corrected chi connectivity index (χ1v) is 6.39. The quantitative estimate of drug-likeness (QED) is 0.794. The molecule has 0 saturated heterocycles. The van der Waals surface area contributed by atoms with Crippen molar-refractivity contribution in [2.75, 3.05) is 11.9 Å². The van der Waals surface area contributed by atoms with Gasteiger partial charge in [0.2, 0.25) is 5.91 Å². The number of hydrogen-bond donors (Lipinski definition) is 2. The van der Waals surface area contributed by atoms with Crippen LogP contribution in [0.1, 0.15) is 12.0 Å². The molecule has 1 aromatic carbocycles. The number of pyridine rings is 1. The summed E-state index contributed by atoms with van der Waals surface area (Å²) in [5.74, 6) is -0.416. The number of hydrogen-bond acceptors (Lipinski definition) is 3. The standard InChI is InChI=1S/C15H16FN3O/c16-13-1-3-14(4-2-13)19-15(20)7-10-18-11-12-5-8-17-9-6-12/h1-6,8-9,18H,7,10-11H2,(H,19,20). The van der Waals surface area contributed by atoms with Crippen molar-refractivity contribution in [3.05, 3.63) is 60.2 Å². The van der Waals surface area contributed by atoms with Crippen molar-refractivity contribution in [1.29, 1.82) is 0 Å². The molecule has 0 unspecified atom stereocenters. The van der Waals surface area contributed by atoms with Gasteiger partial charge in [0.25, 0.3) is 0 Å². The predicted octanol–water partition coefficient (Wildman–Crippen LogP) is 2.34. The van der Waals surface area contributed by atoms with Crippen molar-refractivity contribution in [1.82, 2.24) is 10.3 Å². The molecule has 0 aliphatic heterocycles. The van der Waals surface area contributed by atoms with Crippen LogP contribution in [0, 0.1) is 5.82 Å². The van der Waals surface area contributed by atoms with Gasteiger partial charge in [0, 0.05) is 37.6 Å². The Balaban J connectivity index is 1.66. The number of nitrogens with zero attached hydrogens (tertiary/aromatic N) is 1. The summed E-state index contributed by atoms with van der Waals surface area (Å²) in [6.07, 6.45) is 3.83. The highest BCUT2D eigenvalue weighted by atomic mass is 19.1. The minimum Gasteiger partial charge on any atom is -0.326 e. The number of nitrogens with one attached hydrogen (secondary N) is 2. The number of benzene rings is 1. The number of aromatic nitrogens is 1. The molecule has 104 valence electrons. The minimum absolute atomic E-state index is 0.0983. The van der Waals surface area contributed by atoms with Gasteiger partial charge >= 0.3 is 0 Å². The number of carbonyl (C=O) groups is 1. The van der Waals surface area contributed by atoms with E-state index in [0.29, 0.717) is 25.2 Å². The van der Waals surface area contributed by atoms with Crippen molar-refractivity contribution in [3.63, 3.8) is 0 Å². The van der Waals surface area contributed by atoms with Crippen LogP contribution >= 0.6 is 0 Å². The predicted molar refractivity (Wildman–Crippen MR) is 75.6 cm³/mol. The lowest BCUT2D eigenvalue weighted by Crippen LogP contribution is -2.21. The Morgan fingerprint density at radius 3 is 2.50 bits per heavy atom. The first-order chi connectivity index (χ1) is 9.74. The molecule has 0 bridgehead atoms. The van der Waals surface area contributed by atoms with E-state index < -0.39 is 0 Å². The Labute approximate surface area is 117 Å². The average Bonchev–Trinajstić information content (AvgIpc) is 2.47. The third-order valence-corrected chi connectivity index (χ3v) is 2.74. The highest BCUT2D eigenvalue weighted by Gasteiger charge is 2.02. The first-order valence-electron chi connectivity index (χ1n) is 6.39. The van der Waals surface area contributed by atoms with E-state index in [1.165, 1.54) is 24.3 Å². The second-order valence-corrected chi connectivity index (χ2v) is 4.34. The molecule has 0 saturated carbocycles. The maximum atomic E-state index is 12.7. The van der Waals surface area contributed by atoms with Crippen LogP contribution in [-0.4, -0.2) is 17.4 Å². The summed E-state index contributed by atoms with van der Waals surface area (Å²) in [5.41, 5.74) is 1.73. The van der Waals surface area contributed by atoms with Crippen molar-refractivity contribution >= 4 is 11.6 Å². The average molecular weight is 273 g/mol. The maximum absolute atomic E-state index is 12.7. The molecule has 2 N–H and O–H groups in total. The van der Waals surface area contributed by atoms with Crippen LogP contribution in [0.2, 0.25) is 0 Å². The van der Waals surface area contributed by atoms with Crippen LogP contribution in [0.4, 0.5) is 10.1 Å². The fourth-order valence-electron chi connectivity index (χ4n) is 1.69. The van der Waals surface area contributed by atoms with E-state index in [1.54, 1.807) is 12.4 Å². The van der Waals surface area contributed by atoms with E-state index in [1.807, 2.05) is 12.1 Å². The van der Waals surface area contributed by atoms with Gasteiger partial charge in [-0.25, -0.2) is 4.39 Å². The molecular formula is C15H16FN3O. The summed E-state index contributed by atoms with van der Waals surface area (Å²) in [6, 6.07) is 9.56. The van der Waals surface area contributed by atoms with Crippen molar-refractivity contribution in [2.45, 2.75) is 13.0 Å². The van der Waals surface area contributed by atoms with E-state index >= 15 is 0 Å². The zero-order valence-electron chi connectivity index (χ0n) is 11.0. The van der Waals surface area contributed by atoms with E-state index in [0.717, 1.165) is 5.56 Å². The van der Waals surface area contributed by atoms with Gasteiger partial charge in [0.1, 0.15) is 5.82 Å². The maximum Gasteiger partial charge on any atom is 0.225 e. The topological polar surface area (TPSA) is 54.0 Å². The Bertz CT molecular complexity index is 543. The lowest BCUT2D eigenvalue weighted by atomic mass is 10.2. The summed E-state index contributed by atoms with van der Waals surface area (Å²) in [5, 5.41) is 5.89. The summed E-state index contributed by atoms with van der Waals surface area (Å²) in [6.45, 7) is 1.28. The zero-order chi connectivity index (χ0) is 14.2. The van der Waals surface area contributed by atoms with Gasteiger partial charge in [-0.15, -0.1) is 0 Å². The van der Waals surface area contributed by atoms with Gasteiger partial charge in [-0.2, -0.15) is 0 Å². The van der Waals surface area contributed by atoms with Gasteiger partial charge in [0.15, 0.2) is 0 Å². The number of rotatable bonds is 6. The molecule has 4 nitrogen and oxygen atoms in total. The number of amides is 1. The van der Waals surface area contributed by atoms with E-state index in [9.17, 15) is 9.18 Å². The first kappa shape index (κ1) is 14.1. The Kier molecular flexibility index (Phi) is 5.20. The molecule has 0 fully saturated rings. The smallest absolute Gasteiger partial charge is 0.225 e. The third-order valence-electron chi connectivity index (χ3n) is 2.74. The molecule has 2 aromatic rings. The van der Waals surface area contributed by atoms with Crippen LogP contribution in [0.3, 0.4) is 0 Å². The molecule has 0 aliphatic carbocycles. The summed E-state index contributed by atoms with van der Waals surface area (Å²) >= 11 is 0. The molecule has 0 aliphatic rings. The van der Waals surface area contributed by atoms with Crippen molar-refractivity contribution in [2.24, 2.45) is 0 Å². The Hall–Kier alpha value is -2.27. The Morgan fingerprint density at radius 2 is 1.80 bits per heavy atom. The van der Waals surface area contributed by atoms with Gasteiger partial charge in [-0.05, 0) is 42.0 Å². The van der Waals surface area contributed by atoms with E-state index in [4.69, 9.17) is 0 Å². The van der Waals surface area contributed by atoms with Gasteiger partial charge in [-0.1, -0.05) is 0 Å². The van der Waals surface area contributed by atoms with Crippen LogP contribution in [0.15, 0.2) is 48.8 Å². The van der Waals surface area contributed by atoms with Crippen LogP contribution < -0.4 is 10.6 Å². The van der Waals surface area contributed by atoms with Crippen LogP contribution in [0.5, 0.6) is 0 Å². The second kappa shape index (κ2) is 7.35. The molecule has 1 amide bonds. The zero-order valence-corrected chi connectivity index (χ0v) is 11.0. The fraction of sp³-hybridized carbons (Fsp3) is 0.200. The Morgan fingerprint density at radius 1 is 1.10 bits per heavy atom. The van der Waals surface area contributed by atoms with Crippen LogP contribution in [0.25, 0.3) is 0 Å². The largest absolute Gasteiger partial charge is 0.326 e. The molecule has 20 heavy (non-hydrogen) atoms. The normalized spacial score (nSPS) is 10.2. The second-order valence-electron chi connectivity index (χ2n) is 4.34. The van der Waals surface area contributed by atoms with Crippen LogP contribution in [-0.2, 0) is 11.3 Å². The number of anilines is 1. The molecule has 1 heterocycles. The van der Waals surface area contributed by atoms with Gasteiger partial charge < -0.3 is 10.6 Å². The number of carbonyl (C=O) groups excluding carboxylic acids is 1. The van der Waals surface area contributed by atoms with E-state index in [2.05, 4.69) is 15.6 Å². The lowest BCUT2D eigenvalue weighted by molar-refractivity contribution is -0.116. The summed E-state index contributed by atoms with van der Waals surface area (Å²) in [7, 11) is 0. The molecular weight excluding hydrogens is 257 g/mol. The fourth-order valence-corrected chi connectivity index (χ4v) is 1.69. The molecule has 2 rings (SSSR count). The monoisotopic (exact) mass is 273 g/mol. The minimum atomic E-state index is -0.318. The molecule has 0 atom stereocenters. The summed E-state index contributed by atoms with van der Waals surface area (Å²) in [4.78, 5) is 15.6. The molecule has 5 heteroatoms. The molecule has 0 radical (unpaired) electrons. The lowest BCUT2D eigenvalue weighted by Gasteiger charge is -2.06. The van der Waals surface area contributed by atoms with Crippen molar-refractivity contribution < 1.29 is 9.18 Å². The summed E-state index contributed by atoms with van der Waals surface area (Å²) < 4.78 is 12.7. The van der Waals surface area contributed by atoms with Crippen molar-refractivity contribution in [3.8, 4) is 0 Å². The third kappa shape index (κ3) is 4.78.